The van der Waals surface area contributed by atoms with E-state index in [1.165, 1.54) is 25.7 Å². The number of carbonyl (C=O) groups excluding carboxylic acids is 1. The highest BCUT2D eigenvalue weighted by atomic mass is 16.5. The van der Waals surface area contributed by atoms with E-state index in [1.54, 1.807) is 14.2 Å². The normalized spacial score (nSPS) is 19.3. The maximum atomic E-state index is 12.7. The van der Waals surface area contributed by atoms with Gasteiger partial charge in [0.2, 0.25) is 17.6 Å². The Bertz CT molecular complexity index is 928. The highest BCUT2D eigenvalue weighted by Crippen LogP contribution is 2.31. The zero-order valence-corrected chi connectivity index (χ0v) is 20.3. The van der Waals surface area contributed by atoms with E-state index in [0.717, 1.165) is 38.0 Å². The summed E-state index contributed by atoms with van der Waals surface area (Å²) in [5, 5.41) is 7.21. The van der Waals surface area contributed by atoms with Crippen molar-refractivity contribution in [2.45, 2.75) is 57.6 Å². The lowest BCUT2D eigenvalue weighted by Crippen LogP contribution is -2.43. The van der Waals surface area contributed by atoms with Crippen LogP contribution in [0.25, 0.3) is 11.4 Å². The summed E-state index contributed by atoms with van der Waals surface area (Å²) in [7, 11) is 3.19. The fourth-order valence-electron chi connectivity index (χ4n) is 4.75. The fraction of sp³-hybridized carbons (Fsp3) is 0.640. The zero-order chi connectivity index (χ0) is 23.8. The summed E-state index contributed by atoms with van der Waals surface area (Å²) in [6.07, 6.45) is 8.09. The van der Waals surface area contributed by atoms with E-state index < -0.39 is 0 Å². The van der Waals surface area contributed by atoms with E-state index >= 15 is 0 Å². The number of hydrogen-bond donors (Lipinski definition) is 1. The molecule has 34 heavy (non-hydrogen) atoms. The third kappa shape index (κ3) is 6.48. The summed E-state index contributed by atoms with van der Waals surface area (Å²) >= 11 is 0. The Balaban J connectivity index is 1.23. The van der Waals surface area contributed by atoms with Gasteiger partial charge in [0.1, 0.15) is 0 Å². The van der Waals surface area contributed by atoms with Crippen LogP contribution in [0.4, 0.5) is 0 Å². The number of rotatable bonds is 11. The predicted molar refractivity (Wildman–Crippen MR) is 127 cm³/mol. The smallest absolute Gasteiger partial charge is 0.241 e. The summed E-state index contributed by atoms with van der Waals surface area (Å²) in [6, 6.07) is 5.52. The highest BCUT2D eigenvalue weighted by molar-refractivity contribution is 5.78. The molecule has 1 aliphatic carbocycles. The number of methoxy groups -OCH3 is 2. The third-order valence-corrected chi connectivity index (χ3v) is 6.62. The van der Waals surface area contributed by atoms with Gasteiger partial charge in [0.15, 0.2) is 11.5 Å². The minimum atomic E-state index is -0.0160. The molecule has 2 fully saturated rings. The molecule has 2 heterocycles. The molecule has 1 unspecified atom stereocenters. The number of piperidine rings is 1. The summed E-state index contributed by atoms with van der Waals surface area (Å²) in [6.45, 7) is 3.52. The van der Waals surface area contributed by atoms with Crippen LogP contribution in [0.15, 0.2) is 22.7 Å². The third-order valence-electron chi connectivity index (χ3n) is 6.62. The fourth-order valence-corrected chi connectivity index (χ4v) is 4.75. The Morgan fingerprint density at radius 3 is 2.76 bits per heavy atom. The summed E-state index contributed by atoms with van der Waals surface area (Å²) in [5.74, 6) is 2.41. The lowest BCUT2D eigenvalue weighted by atomic mass is 9.97. The number of carbonyl (C=O) groups is 1. The number of nitrogens with one attached hydrogen (secondary N) is 1. The van der Waals surface area contributed by atoms with Crippen molar-refractivity contribution < 1.29 is 23.5 Å². The molecule has 9 nitrogen and oxygen atoms in total. The molecule has 1 amide bonds. The second-order valence-electron chi connectivity index (χ2n) is 9.08. The van der Waals surface area contributed by atoms with Gasteiger partial charge in [0.25, 0.3) is 0 Å². The monoisotopic (exact) mass is 472 g/mol. The molecule has 1 aromatic heterocycles. The first kappa shape index (κ1) is 24.5. The molecular formula is C25H36N4O5. The molecule has 1 aromatic carbocycles. The van der Waals surface area contributed by atoms with Gasteiger partial charge >= 0.3 is 0 Å². The Kier molecular flexibility index (Phi) is 8.76. The molecule has 186 valence electrons. The van der Waals surface area contributed by atoms with E-state index in [-0.39, 0.29) is 11.8 Å². The minimum Gasteiger partial charge on any atom is -0.493 e. The molecule has 4 rings (SSSR count). The Hall–Kier alpha value is -2.65. The van der Waals surface area contributed by atoms with Crippen molar-refractivity contribution >= 4 is 5.91 Å². The molecule has 1 N–H and O–H groups in total. The van der Waals surface area contributed by atoms with Gasteiger partial charge in [-0.1, -0.05) is 18.0 Å². The number of hydrogen-bond acceptors (Lipinski definition) is 8. The van der Waals surface area contributed by atoms with E-state index in [9.17, 15) is 4.79 Å². The van der Waals surface area contributed by atoms with Gasteiger partial charge in [-0.25, -0.2) is 0 Å². The maximum absolute atomic E-state index is 12.7. The second kappa shape index (κ2) is 12.2. The molecule has 0 radical (unpaired) electrons. The van der Waals surface area contributed by atoms with Gasteiger partial charge in [-0.15, -0.1) is 0 Å². The van der Waals surface area contributed by atoms with Crippen LogP contribution in [0.3, 0.4) is 0 Å². The van der Waals surface area contributed by atoms with Gasteiger partial charge in [0.05, 0.1) is 32.8 Å². The van der Waals surface area contributed by atoms with Crippen LogP contribution < -0.4 is 14.8 Å². The molecule has 1 aliphatic heterocycles. The number of likely N-dealkylation sites (tertiary alicyclic amines) is 1. The van der Waals surface area contributed by atoms with Crippen LogP contribution in [0.2, 0.25) is 0 Å². The number of benzene rings is 1. The van der Waals surface area contributed by atoms with Gasteiger partial charge in [-0.05, 0) is 56.8 Å². The highest BCUT2D eigenvalue weighted by Gasteiger charge is 2.27. The predicted octanol–water partition coefficient (Wildman–Crippen LogP) is 3.43. The van der Waals surface area contributed by atoms with Crippen molar-refractivity contribution in [3.63, 3.8) is 0 Å². The second-order valence-corrected chi connectivity index (χ2v) is 9.08. The molecule has 2 aliphatic rings. The van der Waals surface area contributed by atoms with Crippen molar-refractivity contribution in [2.24, 2.45) is 5.92 Å². The first-order valence-electron chi connectivity index (χ1n) is 12.3. The first-order chi connectivity index (χ1) is 16.7. The molecule has 1 saturated carbocycles. The van der Waals surface area contributed by atoms with Gasteiger partial charge < -0.3 is 24.1 Å². The zero-order valence-electron chi connectivity index (χ0n) is 20.3. The van der Waals surface area contributed by atoms with Crippen molar-refractivity contribution in [1.29, 1.82) is 0 Å². The standard InChI is InChI=1S/C25H36N4O5/c1-31-21-11-10-18(15-22(21)32-2)24-27-23(34-28-24)17-29-13-5-7-19(16-29)25(30)26-12-6-14-33-20-8-3-4-9-20/h10-11,15,19-20H,3-9,12-14,16-17H2,1-2H3,(H,26,30). The molecule has 9 heteroatoms. The molecule has 1 saturated heterocycles. The van der Waals surface area contributed by atoms with Crippen LogP contribution in [-0.4, -0.2) is 67.5 Å². The topological polar surface area (TPSA) is 99.0 Å². The summed E-state index contributed by atoms with van der Waals surface area (Å²) < 4.78 is 22.0. The average Bonchev–Trinajstić information content (AvgIpc) is 3.56. The van der Waals surface area contributed by atoms with Gasteiger partial charge in [0, 0.05) is 25.3 Å². The van der Waals surface area contributed by atoms with E-state index in [2.05, 4.69) is 20.4 Å². The maximum Gasteiger partial charge on any atom is 0.241 e. The lowest BCUT2D eigenvalue weighted by molar-refractivity contribution is -0.126. The van der Waals surface area contributed by atoms with Crippen molar-refractivity contribution in [1.82, 2.24) is 20.4 Å². The molecular weight excluding hydrogens is 436 g/mol. The SMILES string of the molecule is COc1ccc(-c2noc(CN3CCCC(C(=O)NCCCOC4CCCC4)C3)n2)cc1OC. The number of ether oxygens (including phenoxy) is 3. The largest absolute Gasteiger partial charge is 0.493 e. The Morgan fingerprint density at radius 2 is 1.97 bits per heavy atom. The summed E-state index contributed by atoms with van der Waals surface area (Å²) in [5.41, 5.74) is 0.792. The van der Waals surface area contributed by atoms with Crippen LogP contribution in [0.1, 0.15) is 50.8 Å². The molecule has 0 spiro atoms. The minimum absolute atomic E-state index is 0.0160. The van der Waals surface area contributed by atoms with E-state index in [4.69, 9.17) is 18.7 Å². The molecule has 2 aromatic rings. The van der Waals surface area contributed by atoms with Gasteiger partial charge in [-0.3, -0.25) is 9.69 Å². The molecule has 1 atom stereocenters. The number of nitrogens with zero attached hydrogens (tertiary/aromatic N) is 3. The van der Waals surface area contributed by atoms with Crippen LogP contribution >= 0.6 is 0 Å². The number of aromatic nitrogens is 2. The van der Waals surface area contributed by atoms with Crippen LogP contribution in [0.5, 0.6) is 11.5 Å². The van der Waals surface area contributed by atoms with E-state index in [0.29, 0.717) is 49.0 Å². The quantitative estimate of drug-likeness (QED) is 0.497. The van der Waals surface area contributed by atoms with Crippen LogP contribution in [-0.2, 0) is 16.1 Å². The van der Waals surface area contributed by atoms with Crippen molar-refractivity contribution in [2.75, 3.05) is 40.5 Å². The average molecular weight is 473 g/mol. The van der Waals surface area contributed by atoms with Crippen molar-refractivity contribution in [3.05, 3.63) is 24.1 Å². The van der Waals surface area contributed by atoms with Crippen LogP contribution in [0, 0.1) is 5.92 Å². The molecule has 0 bridgehead atoms. The number of amides is 1. The first-order valence-corrected chi connectivity index (χ1v) is 12.3. The Morgan fingerprint density at radius 1 is 1.15 bits per heavy atom. The lowest BCUT2D eigenvalue weighted by Gasteiger charge is -2.30. The van der Waals surface area contributed by atoms with Gasteiger partial charge in [-0.2, -0.15) is 4.98 Å². The van der Waals surface area contributed by atoms with Crippen molar-refractivity contribution in [3.8, 4) is 22.9 Å². The Labute approximate surface area is 201 Å². The van der Waals surface area contributed by atoms with E-state index in [1.807, 2.05) is 18.2 Å². The summed E-state index contributed by atoms with van der Waals surface area (Å²) in [4.78, 5) is 19.4.